The third kappa shape index (κ3) is 4.51. The van der Waals surface area contributed by atoms with Gasteiger partial charge in [0.2, 0.25) is 5.91 Å². The molecule has 2 aromatic carbocycles. The quantitative estimate of drug-likeness (QED) is 0.372. The predicted octanol–water partition coefficient (Wildman–Crippen LogP) is 4.51. The van der Waals surface area contributed by atoms with Crippen LogP contribution < -0.4 is 4.74 Å². The topological polar surface area (TPSA) is 46.6 Å². The van der Waals surface area contributed by atoms with E-state index in [1.165, 1.54) is 3.57 Å². The number of likely N-dealkylation sites (tertiary alicyclic amines) is 1. The Hall–Kier alpha value is -1.89. The van der Waals surface area contributed by atoms with E-state index in [1.807, 2.05) is 29.2 Å². The molecule has 4 rings (SSSR count). The molecule has 5 heteroatoms. The summed E-state index contributed by atoms with van der Waals surface area (Å²) in [5.41, 5.74) is 2.24. The van der Waals surface area contributed by atoms with Gasteiger partial charge in [-0.1, -0.05) is 24.3 Å². The Morgan fingerprint density at radius 1 is 0.815 bits per heavy atom. The van der Waals surface area contributed by atoms with Crippen LogP contribution in [0.25, 0.3) is 11.1 Å². The summed E-state index contributed by atoms with van der Waals surface area (Å²) in [5.74, 6) is 0.790. The average Bonchev–Trinajstić information content (AvgIpc) is 3.54. The summed E-state index contributed by atoms with van der Waals surface area (Å²) < 4.78 is 6.78. The molecule has 0 bridgehead atoms. The van der Waals surface area contributed by atoms with Gasteiger partial charge in [0.15, 0.2) is 0 Å². The summed E-state index contributed by atoms with van der Waals surface area (Å²) in [5, 5.41) is 0. The summed E-state index contributed by atoms with van der Waals surface area (Å²) in [6.45, 7) is 1.34. The fourth-order valence-electron chi connectivity index (χ4n) is 3.48. The zero-order valence-corrected chi connectivity index (χ0v) is 17.2. The molecule has 1 heterocycles. The first-order valence-electron chi connectivity index (χ1n) is 9.46. The average molecular weight is 475 g/mol. The molecule has 1 aliphatic carbocycles. The summed E-state index contributed by atoms with van der Waals surface area (Å²) in [6, 6.07) is 15.9. The summed E-state index contributed by atoms with van der Waals surface area (Å²) in [7, 11) is 0. The number of piperidine rings is 1. The van der Waals surface area contributed by atoms with Crippen LogP contribution in [0, 0.1) is 15.4 Å². The highest BCUT2D eigenvalue weighted by molar-refractivity contribution is 14.1. The molecule has 1 saturated carbocycles. The summed E-state index contributed by atoms with van der Waals surface area (Å²) in [4.78, 5) is 26.5. The number of nitrogens with zero attached hydrogens (tertiary/aromatic N) is 1. The molecule has 1 aliphatic heterocycles. The molecule has 0 unspecified atom stereocenters. The van der Waals surface area contributed by atoms with Crippen molar-refractivity contribution in [3.63, 3.8) is 0 Å². The Bertz CT molecular complexity index is 820. The molecule has 2 aromatic rings. The van der Waals surface area contributed by atoms with Crippen LogP contribution >= 0.6 is 22.6 Å². The standard InChI is InChI=1S/C22H22INO3/c23-19-7-3-15(4-8-19)16-5-9-20(10-6-16)27-22(26)18-11-13-24(14-12-18)21(25)17-1-2-17/h3-10,17-18H,1-2,11-14H2. The largest absolute Gasteiger partial charge is 0.426 e. The van der Waals surface area contributed by atoms with E-state index in [0.717, 1.165) is 24.0 Å². The van der Waals surface area contributed by atoms with Gasteiger partial charge >= 0.3 is 5.97 Å². The zero-order valence-electron chi connectivity index (χ0n) is 15.1. The number of hydrogen-bond acceptors (Lipinski definition) is 3. The number of esters is 1. The van der Waals surface area contributed by atoms with Gasteiger partial charge < -0.3 is 9.64 Å². The SMILES string of the molecule is O=C(Oc1ccc(-c2ccc(I)cc2)cc1)C1CCN(C(=O)C2CC2)CC1. The Morgan fingerprint density at radius 2 is 1.37 bits per heavy atom. The first-order valence-corrected chi connectivity index (χ1v) is 10.5. The molecule has 1 saturated heterocycles. The molecule has 0 N–H and O–H groups in total. The molecule has 0 atom stereocenters. The van der Waals surface area contributed by atoms with E-state index in [2.05, 4.69) is 46.9 Å². The number of benzene rings is 2. The van der Waals surface area contributed by atoms with Gasteiger partial charge in [0.05, 0.1) is 5.92 Å². The normalized spacial score (nSPS) is 17.6. The van der Waals surface area contributed by atoms with Crippen molar-refractivity contribution in [3.05, 3.63) is 52.1 Å². The van der Waals surface area contributed by atoms with E-state index >= 15 is 0 Å². The highest BCUT2D eigenvalue weighted by Gasteiger charge is 2.36. The Labute approximate surface area is 173 Å². The number of amides is 1. The van der Waals surface area contributed by atoms with E-state index < -0.39 is 0 Å². The number of ether oxygens (including phenoxy) is 1. The first-order chi connectivity index (χ1) is 13.1. The second-order valence-corrected chi connectivity index (χ2v) is 8.57. The van der Waals surface area contributed by atoms with Gasteiger partial charge in [-0.2, -0.15) is 0 Å². The molecule has 0 radical (unpaired) electrons. The number of halogens is 1. The van der Waals surface area contributed by atoms with Crippen molar-refractivity contribution in [2.45, 2.75) is 25.7 Å². The molecule has 2 fully saturated rings. The van der Waals surface area contributed by atoms with E-state index in [-0.39, 0.29) is 23.7 Å². The van der Waals surface area contributed by atoms with Gasteiger partial charge in [-0.3, -0.25) is 9.59 Å². The molecule has 1 amide bonds. The van der Waals surface area contributed by atoms with Crippen molar-refractivity contribution in [1.82, 2.24) is 4.90 Å². The number of hydrogen-bond donors (Lipinski definition) is 0. The van der Waals surface area contributed by atoms with Crippen molar-refractivity contribution < 1.29 is 14.3 Å². The smallest absolute Gasteiger partial charge is 0.314 e. The van der Waals surface area contributed by atoms with Crippen LogP contribution in [-0.2, 0) is 9.59 Å². The molecule has 0 aromatic heterocycles. The summed E-state index contributed by atoms with van der Waals surface area (Å²) >= 11 is 2.29. The van der Waals surface area contributed by atoms with Crippen molar-refractivity contribution in [3.8, 4) is 16.9 Å². The summed E-state index contributed by atoms with van der Waals surface area (Å²) in [6.07, 6.45) is 3.44. The van der Waals surface area contributed by atoms with Crippen LogP contribution in [0.3, 0.4) is 0 Å². The van der Waals surface area contributed by atoms with Crippen molar-refractivity contribution in [2.24, 2.45) is 11.8 Å². The molecular formula is C22H22INO3. The third-order valence-electron chi connectivity index (χ3n) is 5.32. The minimum Gasteiger partial charge on any atom is -0.426 e. The molecule has 0 spiro atoms. The maximum absolute atomic E-state index is 12.5. The van der Waals surface area contributed by atoms with Crippen molar-refractivity contribution in [2.75, 3.05) is 13.1 Å². The van der Waals surface area contributed by atoms with Crippen LogP contribution in [0.1, 0.15) is 25.7 Å². The molecular weight excluding hydrogens is 453 g/mol. The fourth-order valence-corrected chi connectivity index (χ4v) is 3.84. The minimum absolute atomic E-state index is 0.121. The number of rotatable bonds is 4. The Balaban J connectivity index is 1.31. The second kappa shape index (κ2) is 8.00. The van der Waals surface area contributed by atoms with Crippen LogP contribution in [0.15, 0.2) is 48.5 Å². The Morgan fingerprint density at radius 3 is 1.93 bits per heavy atom. The van der Waals surface area contributed by atoms with Gasteiger partial charge in [-0.25, -0.2) is 0 Å². The van der Waals surface area contributed by atoms with E-state index in [0.29, 0.717) is 31.7 Å². The number of carbonyl (C=O) groups excluding carboxylic acids is 2. The lowest BCUT2D eigenvalue weighted by Crippen LogP contribution is -2.41. The van der Waals surface area contributed by atoms with Crippen molar-refractivity contribution >= 4 is 34.5 Å². The molecule has 27 heavy (non-hydrogen) atoms. The highest BCUT2D eigenvalue weighted by Crippen LogP contribution is 2.32. The monoisotopic (exact) mass is 475 g/mol. The Kier molecular flexibility index (Phi) is 5.48. The van der Waals surface area contributed by atoms with E-state index in [1.54, 1.807) is 0 Å². The van der Waals surface area contributed by atoms with Gasteiger partial charge in [-0.15, -0.1) is 0 Å². The van der Waals surface area contributed by atoms with Crippen LogP contribution in [0.2, 0.25) is 0 Å². The first kappa shape index (κ1) is 18.5. The fraction of sp³-hybridized carbons (Fsp3) is 0.364. The van der Waals surface area contributed by atoms with Gasteiger partial charge in [0.25, 0.3) is 0 Å². The van der Waals surface area contributed by atoms with E-state index in [9.17, 15) is 9.59 Å². The highest BCUT2D eigenvalue weighted by atomic mass is 127. The third-order valence-corrected chi connectivity index (χ3v) is 6.04. The van der Waals surface area contributed by atoms with Crippen LogP contribution in [0.4, 0.5) is 0 Å². The van der Waals surface area contributed by atoms with Gasteiger partial charge in [-0.05, 0) is 83.7 Å². The molecule has 2 aliphatic rings. The maximum Gasteiger partial charge on any atom is 0.314 e. The molecule has 4 nitrogen and oxygen atoms in total. The molecule has 140 valence electrons. The lowest BCUT2D eigenvalue weighted by atomic mass is 9.96. The maximum atomic E-state index is 12.5. The van der Waals surface area contributed by atoms with Crippen LogP contribution in [0.5, 0.6) is 5.75 Å². The second-order valence-electron chi connectivity index (χ2n) is 7.33. The lowest BCUT2D eigenvalue weighted by molar-refractivity contribution is -0.143. The van der Waals surface area contributed by atoms with Crippen LogP contribution in [-0.4, -0.2) is 29.9 Å². The van der Waals surface area contributed by atoms with Gasteiger partial charge in [0, 0.05) is 22.6 Å². The van der Waals surface area contributed by atoms with E-state index in [4.69, 9.17) is 4.74 Å². The van der Waals surface area contributed by atoms with Gasteiger partial charge in [0.1, 0.15) is 5.75 Å². The predicted molar refractivity (Wildman–Crippen MR) is 112 cm³/mol. The van der Waals surface area contributed by atoms with Crippen molar-refractivity contribution in [1.29, 1.82) is 0 Å². The zero-order chi connectivity index (χ0) is 18.8. The number of carbonyl (C=O) groups is 2. The minimum atomic E-state index is -0.185. The lowest BCUT2D eigenvalue weighted by Gasteiger charge is -2.31.